The van der Waals surface area contributed by atoms with Gasteiger partial charge in [-0.05, 0) is 52.0 Å². The molecule has 2 rings (SSSR count). The molecule has 146 valence electrons. The molecule has 1 amide bonds. The maximum absolute atomic E-state index is 11.7. The van der Waals surface area contributed by atoms with Gasteiger partial charge in [-0.25, -0.2) is 4.79 Å². The minimum Gasteiger partial charge on any atom is -0.453 e. The molecule has 0 saturated carbocycles. The summed E-state index contributed by atoms with van der Waals surface area (Å²) in [4.78, 5) is 18.3. The highest BCUT2D eigenvalue weighted by atomic mass is 16.7. The molecule has 2 atom stereocenters. The summed E-state index contributed by atoms with van der Waals surface area (Å²) < 4.78 is 4.81. The van der Waals surface area contributed by atoms with E-state index in [4.69, 9.17) is 9.57 Å². The van der Waals surface area contributed by atoms with Crippen LogP contribution in [0.3, 0.4) is 0 Å². The molecule has 1 fully saturated rings. The Balaban J connectivity index is 2.26. The third kappa shape index (κ3) is 4.38. The topological polar surface area (TPSA) is 50.8 Å². The van der Waals surface area contributed by atoms with Crippen LogP contribution in [0.4, 0.5) is 4.79 Å². The van der Waals surface area contributed by atoms with Gasteiger partial charge in [-0.2, -0.15) is 5.06 Å². The first-order valence-electron chi connectivity index (χ1n) is 9.64. The second-order valence-corrected chi connectivity index (χ2v) is 7.94. The molecule has 0 radical (unpaired) electrons. The number of hydrogen-bond acceptors (Lipinski definition) is 4. The van der Waals surface area contributed by atoms with Gasteiger partial charge in [0.15, 0.2) is 0 Å². The number of rotatable bonds is 6. The largest absolute Gasteiger partial charge is 0.453 e. The van der Waals surface area contributed by atoms with Crippen LogP contribution in [0.2, 0.25) is 0 Å². The summed E-state index contributed by atoms with van der Waals surface area (Å²) in [7, 11) is 1.41. The molecule has 1 aliphatic heterocycles. The number of piperidine rings is 1. The maximum Gasteiger partial charge on any atom is 0.407 e. The van der Waals surface area contributed by atoms with E-state index in [2.05, 4.69) is 57.1 Å². The van der Waals surface area contributed by atoms with E-state index in [-0.39, 0.29) is 29.3 Å². The van der Waals surface area contributed by atoms with Crippen LogP contribution < -0.4 is 5.32 Å². The van der Waals surface area contributed by atoms with Crippen molar-refractivity contribution in [3.05, 3.63) is 35.9 Å². The fraction of sp³-hybridized carbons (Fsp3) is 0.667. The van der Waals surface area contributed by atoms with Crippen molar-refractivity contribution in [2.75, 3.05) is 7.11 Å². The van der Waals surface area contributed by atoms with Gasteiger partial charge in [-0.1, -0.05) is 44.2 Å². The molecule has 0 bridgehead atoms. The van der Waals surface area contributed by atoms with Crippen molar-refractivity contribution in [2.24, 2.45) is 0 Å². The Kier molecular flexibility index (Phi) is 6.69. The fourth-order valence-corrected chi connectivity index (χ4v) is 4.29. The van der Waals surface area contributed by atoms with Crippen LogP contribution in [0.5, 0.6) is 0 Å². The number of hydroxylamine groups is 2. The van der Waals surface area contributed by atoms with Gasteiger partial charge >= 0.3 is 6.09 Å². The van der Waals surface area contributed by atoms with Crippen molar-refractivity contribution in [3.8, 4) is 0 Å². The number of benzene rings is 1. The minimum atomic E-state index is -0.362. The first kappa shape index (κ1) is 20.7. The van der Waals surface area contributed by atoms with Crippen LogP contribution in [0.15, 0.2) is 30.3 Å². The van der Waals surface area contributed by atoms with Crippen molar-refractivity contribution < 1.29 is 14.4 Å². The molecule has 5 nitrogen and oxygen atoms in total. The molecule has 1 N–H and O–H groups in total. The van der Waals surface area contributed by atoms with Crippen LogP contribution in [0.25, 0.3) is 0 Å². The van der Waals surface area contributed by atoms with Gasteiger partial charge in [0.2, 0.25) is 0 Å². The van der Waals surface area contributed by atoms with E-state index in [0.717, 1.165) is 25.7 Å². The van der Waals surface area contributed by atoms with Crippen LogP contribution in [0.1, 0.15) is 72.0 Å². The Morgan fingerprint density at radius 3 is 2.38 bits per heavy atom. The monoisotopic (exact) mass is 362 g/mol. The highest BCUT2D eigenvalue weighted by Gasteiger charge is 2.50. The van der Waals surface area contributed by atoms with E-state index >= 15 is 0 Å². The van der Waals surface area contributed by atoms with Gasteiger partial charge in [-0.15, -0.1) is 0 Å². The van der Waals surface area contributed by atoms with Crippen molar-refractivity contribution >= 4 is 6.09 Å². The molecule has 1 heterocycles. The number of ether oxygens (including phenoxy) is 1. The number of methoxy groups -OCH3 is 1. The lowest BCUT2D eigenvalue weighted by Crippen LogP contribution is -2.66. The number of alkyl carbamates (subject to hydrolysis) is 1. The Labute approximate surface area is 158 Å². The van der Waals surface area contributed by atoms with E-state index in [9.17, 15) is 4.79 Å². The minimum absolute atomic E-state index is 0.0296. The molecule has 1 aliphatic rings. The molecule has 1 aromatic rings. The lowest BCUT2D eigenvalue weighted by Gasteiger charge is -2.56. The smallest absolute Gasteiger partial charge is 0.407 e. The van der Waals surface area contributed by atoms with Gasteiger partial charge in [-0.3, -0.25) is 4.84 Å². The predicted octanol–water partition coefficient (Wildman–Crippen LogP) is 4.84. The SMILES string of the molecule is CCC1(CC)CC(NC(=O)OC)CC(C)(C)N1OC(C)c1ccccc1. The molecule has 26 heavy (non-hydrogen) atoms. The van der Waals surface area contributed by atoms with Gasteiger partial charge in [0, 0.05) is 17.1 Å². The summed E-state index contributed by atoms with van der Waals surface area (Å²) in [6.07, 6.45) is 3.17. The van der Waals surface area contributed by atoms with Gasteiger partial charge < -0.3 is 10.1 Å². The molecule has 1 aromatic carbocycles. The average molecular weight is 363 g/mol. The maximum atomic E-state index is 11.7. The lowest BCUT2D eigenvalue weighted by atomic mass is 9.74. The van der Waals surface area contributed by atoms with E-state index < -0.39 is 0 Å². The fourth-order valence-electron chi connectivity index (χ4n) is 4.29. The number of amides is 1. The normalized spacial score (nSPS) is 23.2. The molecule has 5 heteroatoms. The third-order valence-corrected chi connectivity index (χ3v) is 5.71. The van der Waals surface area contributed by atoms with E-state index in [0.29, 0.717) is 0 Å². The summed E-state index contributed by atoms with van der Waals surface area (Å²) in [6, 6.07) is 10.4. The number of nitrogens with one attached hydrogen (secondary N) is 1. The highest BCUT2D eigenvalue weighted by Crippen LogP contribution is 2.44. The van der Waals surface area contributed by atoms with Gasteiger partial charge in [0.1, 0.15) is 6.10 Å². The molecular weight excluding hydrogens is 328 g/mol. The Bertz CT molecular complexity index is 584. The second kappa shape index (κ2) is 8.40. The Morgan fingerprint density at radius 1 is 1.23 bits per heavy atom. The zero-order valence-electron chi connectivity index (χ0n) is 17.0. The zero-order chi connectivity index (χ0) is 19.4. The molecule has 0 aromatic heterocycles. The summed E-state index contributed by atoms with van der Waals surface area (Å²) >= 11 is 0. The zero-order valence-corrected chi connectivity index (χ0v) is 17.0. The molecule has 1 saturated heterocycles. The predicted molar refractivity (Wildman–Crippen MR) is 104 cm³/mol. The Hall–Kier alpha value is -1.59. The summed E-state index contributed by atoms with van der Waals surface area (Å²) in [5.74, 6) is 0. The Morgan fingerprint density at radius 2 is 1.85 bits per heavy atom. The standard InChI is InChI=1S/C21H34N2O3/c1-7-21(8-2)15-18(22-19(24)25-6)14-20(4,5)23(21)26-16(3)17-12-10-9-11-13-17/h9-13,16,18H,7-8,14-15H2,1-6H3,(H,22,24). The van der Waals surface area contributed by atoms with Crippen molar-refractivity contribution in [3.63, 3.8) is 0 Å². The average Bonchev–Trinajstić information content (AvgIpc) is 2.63. The van der Waals surface area contributed by atoms with E-state index in [1.165, 1.54) is 12.7 Å². The number of hydrogen-bond donors (Lipinski definition) is 1. The second-order valence-electron chi connectivity index (χ2n) is 7.94. The molecular formula is C21H34N2O3. The quantitative estimate of drug-likeness (QED) is 0.787. The molecule has 0 spiro atoms. The van der Waals surface area contributed by atoms with Crippen LogP contribution in [-0.4, -0.2) is 35.4 Å². The third-order valence-electron chi connectivity index (χ3n) is 5.71. The van der Waals surface area contributed by atoms with Crippen molar-refractivity contribution in [2.45, 2.75) is 83.5 Å². The molecule has 0 aliphatic carbocycles. The first-order valence-corrected chi connectivity index (χ1v) is 9.64. The molecule has 2 unspecified atom stereocenters. The summed E-state index contributed by atoms with van der Waals surface area (Å²) in [6.45, 7) is 10.9. The first-order chi connectivity index (χ1) is 12.3. The number of nitrogens with zero attached hydrogens (tertiary/aromatic N) is 1. The van der Waals surface area contributed by atoms with E-state index in [1.54, 1.807) is 0 Å². The summed E-state index contributed by atoms with van der Waals surface area (Å²) in [5, 5.41) is 5.23. The van der Waals surface area contributed by atoms with Crippen molar-refractivity contribution in [1.82, 2.24) is 10.4 Å². The van der Waals surface area contributed by atoms with Crippen molar-refractivity contribution in [1.29, 1.82) is 0 Å². The number of carbonyl (C=O) groups is 1. The summed E-state index contributed by atoms with van der Waals surface area (Å²) in [5.41, 5.74) is 0.828. The lowest BCUT2D eigenvalue weighted by molar-refractivity contribution is -0.316. The number of carbonyl (C=O) groups excluding carboxylic acids is 1. The highest BCUT2D eigenvalue weighted by molar-refractivity contribution is 5.67. The van der Waals surface area contributed by atoms with Gasteiger partial charge in [0.25, 0.3) is 0 Å². The van der Waals surface area contributed by atoms with Crippen LogP contribution >= 0.6 is 0 Å². The van der Waals surface area contributed by atoms with Crippen LogP contribution in [-0.2, 0) is 9.57 Å². The van der Waals surface area contributed by atoms with Gasteiger partial charge in [0.05, 0.1) is 7.11 Å². The van der Waals surface area contributed by atoms with E-state index in [1.807, 2.05) is 18.2 Å². The van der Waals surface area contributed by atoms with Crippen LogP contribution in [0, 0.1) is 0 Å².